The van der Waals surface area contributed by atoms with E-state index in [1.54, 1.807) is 11.3 Å². The van der Waals surface area contributed by atoms with E-state index in [4.69, 9.17) is 0 Å². The van der Waals surface area contributed by atoms with Crippen LogP contribution >= 0.6 is 27.3 Å². The van der Waals surface area contributed by atoms with Crippen LogP contribution in [0.3, 0.4) is 0 Å². The van der Waals surface area contributed by atoms with Crippen LogP contribution in [0, 0.1) is 0 Å². The number of halogens is 1. The van der Waals surface area contributed by atoms with Gasteiger partial charge in [-0.1, -0.05) is 6.92 Å². The van der Waals surface area contributed by atoms with Crippen molar-refractivity contribution in [2.24, 2.45) is 0 Å². The van der Waals surface area contributed by atoms with E-state index in [0.29, 0.717) is 18.6 Å². The molecular weight excluding hydrogens is 224 g/mol. The van der Waals surface area contributed by atoms with Crippen LogP contribution in [0.5, 0.6) is 0 Å². The molecule has 1 nitrogen and oxygen atoms in total. The molecule has 0 amide bonds. The molecule has 0 aliphatic rings. The van der Waals surface area contributed by atoms with Crippen LogP contribution in [0.1, 0.15) is 18.2 Å². The first-order chi connectivity index (χ1) is 5.22. The SMILES string of the molecule is CCC(=O)Cc1cc(Br)cs1. The third kappa shape index (κ3) is 2.75. The molecule has 1 aromatic heterocycles. The molecule has 0 aliphatic carbocycles. The summed E-state index contributed by atoms with van der Waals surface area (Å²) in [5.41, 5.74) is 0. The molecule has 0 bridgehead atoms. The van der Waals surface area contributed by atoms with Crippen LogP contribution < -0.4 is 0 Å². The molecule has 1 aromatic rings. The third-order valence-electron chi connectivity index (χ3n) is 1.39. The molecule has 0 fully saturated rings. The lowest BCUT2D eigenvalue weighted by Crippen LogP contribution is -1.97. The van der Waals surface area contributed by atoms with E-state index in [9.17, 15) is 4.79 Å². The molecule has 0 atom stereocenters. The van der Waals surface area contributed by atoms with Gasteiger partial charge in [0.15, 0.2) is 0 Å². The second kappa shape index (κ2) is 4.02. The Balaban J connectivity index is 2.57. The highest BCUT2D eigenvalue weighted by molar-refractivity contribution is 9.10. The maximum Gasteiger partial charge on any atom is 0.137 e. The Labute approximate surface area is 78.6 Å². The van der Waals surface area contributed by atoms with Gasteiger partial charge in [-0.2, -0.15) is 0 Å². The molecule has 3 heteroatoms. The molecule has 1 heterocycles. The van der Waals surface area contributed by atoms with Gasteiger partial charge in [-0.15, -0.1) is 11.3 Å². The molecule has 1 rings (SSSR count). The van der Waals surface area contributed by atoms with E-state index in [-0.39, 0.29) is 0 Å². The first kappa shape index (κ1) is 8.94. The molecular formula is C8H9BrOS. The predicted molar refractivity (Wildman–Crippen MR) is 51.0 cm³/mol. The maximum absolute atomic E-state index is 11.0. The van der Waals surface area contributed by atoms with Crippen LogP contribution in [-0.2, 0) is 11.2 Å². The molecule has 0 unspecified atom stereocenters. The highest BCUT2D eigenvalue weighted by atomic mass is 79.9. The van der Waals surface area contributed by atoms with E-state index in [1.165, 1.54) is 0 Å². The van der Waals surface area contributed by atoms with Crippen LogP contribution in [0.4, 0.5) is 0 Å². The Morgan fingerprint density at radius 1 is 1.73 bits per heavy atom. The second-order valence-corrected chi connectivity index (χ2v) is 4.21. The second-order valence-electron chi connectivity index (χ2n) is 2.30. The average Bonchev–Trinajstić information content (AvgIpc) is 2.35. The lowest BCUT2D eigenvalue weighted by molar-refractivity contribution is -0.118. The summed E-state index contributed by atoms with van der Waals surface area (Å²) < 4.78 is 1.07. The molecule has 0 saturated carbocycles. The molecule has 0 aliphatic heterocycles. The van der Waals surface area contributed by atoms with Crippen molar-refractivity contribution in [1.29, 1.82) is 0 Å². The van der Waals surface area contributed by atoms with Gasteiger partial charge in [0, 0.05) is 27.6 Å². The Morgan fingerprint density at radius 3 is 2.91 bits per heavy atom. The van der Waals surface area contributed by atoms with Gasteiger partial charge in [-0.05, 0) is 22.0 Å². The number of thiophene rings is 1. The number of hydrogen-bond acceptors (Lipinski definition) is 2. The van der Waals surface area contributed by atoms with E-state index in [1.807, 2.05) is 18.4 Å². The number of Topliss-reactive ketones (excluding diaryl/α,β-unsaturated/α-hetero) is 1. The van der Waals surface area contributed by atoms with Crippen molar-refractivity contribution in [2.75, 3.05) is 0 Å². The number of ketones is 1. The first-order valence-electron chi connectivity index (χ1n) is 3.47. The summed E-state index contributed by atoms with van der Waals surface area (Å²) in [5.74, 6) is 0.305. The van der Waals surface area contributed by atoms with Crippen LogP contribution in [0.15, 0.2) is 15.9 Å². The van der Waals surface area contributed by atoms with Crippen LogP contribution in [0.2, 0.25) is 0 Å². The quantitative estimate of drug-likeness (QED) is 0.784. The zero-order chi connectivity index (χ0) is 8.27. The van der Waals surface area contributed by atoms with E-state index < -0.39 is 0 Å². The Bertz CT molecular complexity index is 254. The number of carbonyl (C=O) groups is 1. The van der Waals surface area contributed by atoms with Gasteiger partial charge in [-0.3, -0.25) is 4.79 Å². The minimum atomic E-state index is 0.305. The van der Waals surface area contributed by atoms with Gasteiger partial charge in [-0.25, -0.2) is 0 Å². The first-order valence-corrected chi connectivity index (χ1v) is 5.14. The van der Waals surface area contributed by atoms with Crippen molar-refractivity contribution in [3.05, 3.63) is 20.8 Å². The standard InChI is InChI=1S/C8H9BrOS/c1-2-7(10)4-8-3-6(9)5-11-8/h3,5H,2,4H2,1H3. The fraction of sp³-hybridized carbons (Fsp3) is 0.375. The molecule has 0 N–H and O–H groups in total. The highest BCUT2D eigenvalue weighted by Gasteiger charge is 2.02. The third-order valence-corrected chi connectivity index (χ3v) is 3.09. The lowest BCUT2D eigenvalue weighted by Gasteiger charge is -1.91. The molecule has 11 heavy (non-hydrogen) atoms. The number of rotatable bonds is 3. The fourth-order valence-corrected chi connectivity index (χ4v) is 2.25. The normalized spacial score (nSPS) is 10.0. The minimum Gasteiger partial charge on any atom is -0.299 e. The van der Waals surface area contributed by atoms with Gasteiger partial charge in [0.1, 0.15) is 5.78 Å². The topological polar surface area (TPSA) is 17.1 Å². The number of hydrogen-bond donors (Lipinski definition) is 0. The predicted octanol–water partition coefficient (Wildman–Crippen LogP) is 3.03. The highest BCUT2D eigenvalue weighted by Crippen LogP contribution is 2.20. The minimum absolute atomic E-state index is 0.305. The van der Waals surface area contributed by atoms with Crippen LogP contribution in [0.25, 0.3) is 0 Å². The van der Waals surface area contributed by atoms with E-state index in [2.05, 4.69) is 15.9 Å². The summed E-state index contributed by atoms with van der Waals surface area (Å²) in [4.78, 5) is 12.1. The average molecular weight is 233 g/mol. The molecule has 0 aromatic carbocycles. The van der Waals surface area contributed by atoms with Crippen LogP contribution in [-0.4, -0.2) is 5.78 Å². The monoisotopic (exact) mass is 232 g/mol. The van der Waals surface area contributed by atoms with Gasteiger partial charge < -0.3 is 0 Å². The summed E-state index contributed by atoms with van der Waals surface area (Å²) in [7, 11) is 0. The summed E-state index contributed by atoms with van der Waals surface area (Å²) >= 11 is 4.97. The van der Waals surface area contributed by atoms with Gasteiger partial charge >= 0.3 is 0 Å². The maximum atomic E-state index is 11.0. The summed E-state index contributed by atoms with van der Waals surface area (Å²) in [5, 5.41) is 2.00. The van der Waals surface area contributed by atoms with Crippen molar-refractivity contribution < 1.29 is 4.79 Å². The molecule has 60 valence electrons. The zero-order valence-corrected chi connectivity index (χ0v) is 8.67. The van der Waals surface area contributed by atoms with Crippen molar-refractivity contribution in [3.63, 3.8) is 0 Å². The smallest absolute Gasteiger partial charge is 0.137 e. The van der Waals surface area contributed by atoms with Crippen molar-refractivity contribution in [3.8, 4) is 0 Å². The summed E-state index contributed by atoms with van der Waals surface area (Å²) in [6.07, 6.45) is 1.22. The Morgan fingerprint density at radius 2 is 2.45 bits per heavy atom. The van der Waals surface area contributed by atoms with Gasteiger partial charge in [0.25, 0.3) is 0 Å². The molecule has 0 spiro atoms. The van der Waals surface area contributed by atoms with Crippen molar-refractivity contribution in [2.45, 2.75) is 19.8 Å². The van der Waals surface area contributed by atoms with Crippen molar-refractivity contribution >= 4 is 33.0 Å². The van der Waals surface area contributed by atoms with Gasteiger partial charge in [0.05, 0.1) is 0 Å². The zero-order valence-electron chi connectivity index (χ0n) is 6.26. The Kier molecular flexibility index (Phi) is 3.27. The van der Waals surface area contributed by atoms with Gasteiger partial charge in [0.2, 0.25) is 0 Å². The summed E-state index contributed by atoms with van der Waals surface area (Å²) in [6, 6.07) is 2.00. The van der Waals surface area contributed by atoms with Crippen molar-refractivity contribution in [1.82, 2.24) is 0 Å². The summed E-state index contributed by atoms with van der Waals surface area (Å²) in [6.45, 7) is 1.89. The molecule has 0 saturated heterocycles. The number of carbonyl (C=O) groups excluding carboxylic acids is 1. The van der Waals surface area contributed by atoms with E-state index in [0.717, 1.165) is 9.35 Å². The van der Waals surface area contributed by atoms with E-state index >= 15 is 0 Å². The fourth-order valence-electron chi connectivity index (χ4n) is 0.766. The lowest BCUT2D eigenvalue weighted by atomic mass is 10.2. The largest absolute Gasteiger partial charge is 0.299 e. The Hall–Kier alpha value is -0.150. The molecule has 0 radical (unpaired) electrons.